The number of halogens is 2. The van der Waals surface area contributed by atoms with Crippen molar-refractivity contribution in [1.82, 2.24) is 20.4 Å². The maximum atomic E-state index is 12.3. The number of aryl methyl sites for hydroxylation is 2. The highest BCUT2D eigenvalue weighted by molar-refractivity contribution is 7.13. The summed E-state index contributed by atoms with van der Waals surface area (Å²) in [6.45, 7) is 7.30. The summed E-state index contributed by atoms with van der Waals surface area (Å²) in [7, 11) is 0. The molecular formula is C23H26Cl2N4O4S. The van der Waals surface area contributed by atoms with Crippen LogP contribution in [0.5, 0.6) is 0 Å². The summed E-state index contributed by atoms with van der Waals surface area (Å²) in [5.41, 5.74) is 2.71. The number of nitrogens with one attached hydrogen (secondary N) is 1. The molecule has 1 fully saturated rings. The van der Waals surface area contributed by atoms with Gasteiger partial charge in [0.2, 0.25) is 5.91 Å². The molecule has 3 heterocycles. The van der Waals surface area contributed by atoms with Crippen molar-refractivity contribution in [3.05, 3.63) is 56.7 Å². The predicted molar refractivity (Wildman–Crippen MR) is 132 cm³/mol. The second kappa shape index (κ2) is 13.0. The zero-order valence-corrected chi connectivity index (χ0v) is 21.1. The van der Waals surface area contributed by atoms with E-state index >= 15 is 0 Å². The second-order valence-electron chi connectivity index (χ2n) is 7.75. The summed E-state index contributed by atoms with van der Waals surface area (Å²) in [5.74, 6) is 0.735. The van der Waals surface area contributed by atoms with Gasteiger partial charge in [0.15, 0.2) is 0 Å². The lowest BCUT2D eigenvalue weighted by Crippen LogP contribution is -2.47. The molecule has 0 unspecified atom stereocenters. The van der Waals surface area contributed by atoms with Gasteiger partial charge in [-0.2, -0.15) is 0 Å². The Balaban J connectivity index is 0.00000158. The Morgan fingerprint density at radius 3 is 2.85 bits per heavy atom. The van der Waals surface area contributed by atoms with E-state index in [1.54, 1.807) is 0 Å². The number of hydrogen-bond donors (Lipinski definition) is 1. The van der Waals surface area contributed by atoms with Crippen LogP contribution in [0.1, 0.15) is 23.4 Å². The van der Waals surface area contributed by atoms with Gasteiger partial charge in [-0.1, -0.05) is 34.4 Å². The number of thiazole rings is 1. The molecule has 1 aliphatic heterocycles. The summed E-state index contributed by atoms with van der Waals surface area (Å²) >= 11 is 13.6. The molecule has 0 saturated carbocycles. The number of aromatic nitrogens is 2. The van der Waals surface area contributed by atoms with Crippen molar-refractivity contribution < 1.29 is 18.8 Å². The maximum absolute atomic E-state index is 12.3. The number of nitrogens with zero attached hydrogens (tertiary/aromatic N) is 3. The van der Waals surface area contributed by atoms with Crippen molar-refractivity contribution in [3.63, 3.8) is 0 Å². The molecule has 8 nitrogen and oxygen atoms in total. The zero-order valence-electron chi connectivity index (χ0n) is 18.8. The Morgan fingerprint density at radius 1 is 1.29 bits per heavy atom. The van der Waals surface area contributed by atoms with Crippen molar-refractivity contribution in [2.45, 2.75) is 32.4 Å². The molecule has 182 valence electrons. The third-order valence-electron chi connectivity index (χ3n) is 5.15. The number of amides is 1. The summed E-state index contributed by atoms with van der Waals surface area (Å²) in [6, 6.07) is 7.54. The highest BCUT2D eigenvalue weighted by atomic mass is 35.5. The summed E-state index contributed by atoms with van der Waals surface area (Å²) < 4.78 is 10.9. The normalized spacial score (nSPS) is 16.0. The van der Waals surface area contributed by atoms with E-state index in [0.29, 0.717) is 36.0 Å². The Labute approximate surface area is 212 Å². The third kappa shape index (κ3) is 7.61. The zero-order chi connectivity index (χ0) is 24.5. The number of ether oxygens (including phenoxy) is 1. The maximum Gasteiger partial charge on any atom is 0.220 e. The molecule has 0 radical (unpaired) electrons. The topological polar surface area (TPSA) is 97.6 Å². The number of rotatable bonds is 8. The lowest BCUT2D eigenvalue weighted by atomic mass is 10.2. The molecule has 4 rings (SSSR count). The monoisotopic (exact) mass is 524 g/mol. The van der Waals surface area contributed by atoms with Crippen molar-refractivity contribution in [2.75, 3.05) is 26.2 Å². The number of benzene rings is 1. The van der Waals surface area contributed by atoms with Gasteiger partial charge in [0, 0.05) is 44.0 Å². The standard InChI is InChI=1S/C22H24Cl2N4O3S.CH2O/c1-14-8-20(27-31-14)22-26-16(13-32-22)3-5-21(29)25-10-17-12-28(6-7-30-17)11-15-2-4-18(23)19(24)9-15;1-2/h2,4,8-9,13,17H,3,5-7,10-12H2,1H3,(H,25,29);1H2/t17-;/m0./s1. The van der Waals surface area contributed by atoms with Crippen molar-refractivity contribution in [1.29, 1.82) is 0 Å². The molecule has 0 bridgehead atoms. The molecular weight excluding hydrogens is 499 g/mol. The van der Waals surface area contributed by atoms with Gasteiger partial charge in [0.1, 0.15) is 23.3 Å². The minimum absolute atomic E-state index is 0.0120. The Kier molecular flexibility index (Phi) is 10.0. The molecule has 1 N–H and O–H groups in total. The molecule has 1 aliphatic rings. The summed E-state index contributed by atoms with van der Waals surface area (Å²) in [5, 5.41) is 10.8. The van der Waals surface area contributed by atoms with Crippen LogP contribution >= 0.6 is 34.5 Å². The molecule has 1 saturated heterocycles. The van der Waals surface area contributed by atoms with Crippen LogP contribution in [0.4, 0.5) is 0 Å². The highest BCUT2D eigenvalue weighted by Crippen LogP contribution is 2.24. The smallest absolute Gasteiger partial charge is 0.220 e. The molecule has 2 aromatic heterocycles. The van der Waals surface area contributed by atoms with E-state index in [9.17, 15) is 4.79 Å². The van der Waals surface area contributed by atoms with E-state index in [4.69, 9.17) is 37.3 Å². The van der Waals surface area contributed by atoms with E-state index in [2.05, 4.69) is 20.4 Å². The summed E-state index contributed by atoms with van der Waals surface area (Å²) in [6.07, 6.45) is 0.909. The molecule has 3 aromatic rings. The highest BCUT2D eigenvalue weighted by Gasteiger charge is 2.21. The molecule has 11 heteroatoms. The first-order valence-corrected chi connectivity index (χ1v) is 12.3. The fourth-order valence-corrected chi connectivity index (χ4v) is 4.63. The van der Waals surface area contributed by atoms with Crippen LogP contribution in [-0.2, 0) is 27.3 Å². The molecule has 1 aromatic carbocycles. The van der Waals surface area contributed by atoms with Gasteiger partial charge in [0.05, 0.1) is 28.5 Å². The van der Waals surface area contributed by atoms with Gasteiger partial charge >= 0.3 is 0 Å². The molecule has 1 amide bonds. The number of carbonyl (C=O) groups excluding carboxylic acids is 2. The molecule has 34 heavy (non-hydrogen) atoms. The van der Waals surface area contributed by atoms with E-state index in [1.165, 1.54) is 11.3 Å². The van der Waals surface area contributed by atoms with Crippen molar-refractivity contribution in [3.8, 4) is 10.7 Å². The average Bonchev–Trinajstić information content (AvgIpc) is 3.49. The van der Waals surface area contributed by atoms with Gasteiger partial charge in [0.25, 0.3) is 0 Å². The molecule has 0 spiro atoms. The van der Waals surface area contributed by atoms with E-state index in [-0.39, 0.29) is 12.0 Å². The third-order valence-corrected chi connectivity index (χ3v) is 6.80. The van der Waals surface area contributed by atoms with Crippen LogP contribution in [0.15, 0.2) is 34.2 Å². The van der Waals surface area contributed by atoms with Gasteiger partial charge in [-0.3, -0.25) is 9.69 Å². The minimum Gasteiger partial charge on any atom is -0.374 e. The van der Waals surface area contributed by atoms with Crippen LogP contribution in [0, 0.1) is 6.92 Å². The molecule has 1 atom stereocenters. The fourth-order valence-electron chi connectivity index (χ4n) is 3.51. The quantitative estimate of drug-likeness (QED) is 0.471. The molecule has 0 aliphatic carbocycles. The second-order valence-corrected chi connectivity index (χ2v) is 9.42. The predicted octanol–water partition coefficient (Wildman–Crippen LogP) is 4.18. The first-order chi connectivity index (χ1) is 16.5. The van der Waals surface area contributed by atoms with E-state index < -0.39 is 0 Å². The number of morpholine rings is 1. The van der Waals surface area contributed by atoms with Crippen molar-refractivity contribution in [2.24, 2.45) is 0 Å². The Hall–Kier alpha value is -2.30. The van der Waals surface area contributed by atoms with Crippen molar-refractivity contribution >= 4 is 47.2 Å². The fraction of sp³-hybridized carbons (Fsp3) is 0.391. The number of carbonyl (C=O) groups is 2. The Morgan fingerprint density at radius 2 is 2.12 bits per heavy atom. The Bertz CT molecular complexity index is 1090. The SMILES string of the molecule is C=O.Cc1cc(-c2nc(CCC(=O)NC[C@H]3CN(Cc4ccc(Cl)c(Cl)c4)CCO3)cs2)no1. The largest absolute Gasteiger partial charge is 0.374 e. The van der Waals surface area contributed by atoms with Crippen LogP contribution in [0.25, 0.3) is 10.7 Å². The van der Waals surface area contributed by atoms with Gasteiger partial charge in [-0.15, -0.1) is 11.3 Å². The van der Waals surface area contributed by atoms with E-state index in [0.717, 1.165) is 47.4 Å². The summed E-state index contributed by atoms with van der Waals surface area (Å²) in [4.78, 5) is 27.2. The average molecular weight is 525 g/mol. The van der Waals surface area contributed by atoms with Crippen LogP contribution < -0.4 is 5.32 Å². The van der Waals surface area contributed by atoms with Crippen LogP contribution in [0.2, 0.25) is 10.0 Å². The van der Waals surface area contributed by atoms with Gasteiger partial charge in [-0.25, -0.2) is 4.98 Å². The number of hydrogen-bond acceptors (Lipinski definition) is 8. The first-order valence-electron chi connectivity index (χ1n) is 10.7. The lowest BCUT2D eigenvalue weighted by Gasteiger charge is -2.33. The minimum atomic E-state index is -0.0447. The van der Waals surface area contributed by atoms with Crippen LogP contribution in [0.3, 0.4) is 0 Å². The first kappa shape index (κ1) is 26.3. The lowest BCUT2D eigenvalue weighted by molar-refractivity contribution is -0.122. The van der Waals surface area contributed by atoms with Gasteiger partial charge in [-0.05, 0) is 31.0 Å². The van der Waals surface area contributed by atoms with Crippen LogP contribution in [-0.4, -0.2) is 60.1 Å². The van der Waals surface area contributed by atoms with Gasteiger partial charge < -0.3 is 19.4 Å². The van der Waals surface area contributed by atoms with E-state index in [1.807, 2.05) is 43.4 Å².